The van der Waals surface area contributed by atoms with Crippen LogP contribution < -0.4 is 4.90 Å². The number of likely N-dealkylation sites (tertiary alicyclic amines) is 1. The van der Waals surface area contributed by atoms with Crippen molar-refractivity contribution >= 4 is 0 Å². The summed E-state index contributed by atoms with van der Waals surface area (Å²) < 4.78 is 0. The van der Waals surface area contributed by atoms with Crippen molar-refractivity contribution < 1.29 is 0 Å². The zero-order valence-corrected chi connectivity index (χ0v) is 7.97. The van der Waals surface area contributed by atoms with Gasteiger partial charge in [0.25, 0.3) is 0 Å². The average Bonchev–Trinajstić information content (AvgIpc) is 2.06. The zero-order chi connectivity index (χ0) is 8.10. The highest BCUT2D eigenvalue weighted by atomic mass is 15.2. The van der Waals surface area contributed by atoms with Crippen LogP contribution >= 0.6 is 0 Å². The van der Waals surface area contributed by atoms with Crippen LogP contribution in [-0.2, 0) is 0 Å². The molecule has 0 N–H and O–H groups in total. The van der Waals surface area contributed by atoms with Gasteiger partial charge in [-0.3, -0.25) is 0 Å². The molecule has 0 aromatic carbocycles. The van der Waals surface area contributed by atoms with Crippen molar-refractivity contribution in [3.05, 3.63) is 0 Å². The first kappa shape index (κ1) is 9.05. The highest BCUT2D eigenvalue weighted by Crippen LogP contribution is 2.17. The predicted octanol–water partition coefficient (Wildman–Crippen LogP) is 2.50. The maximum absolute atomic E-state index is 2.65. The first-order valence-corrected chi connectivity index (χ1v) is 5.12. The molecule has 0 spiro atoms. The van der Waals surface area contributed by atoms with E-state index in [1.54, 1.807) is 0 Å². The number of hydrogen-bond acceptors (Lipinski definition) is 1. The molecule has 1 heterocycles. The second-order valence-corrected chi connectivity index (χ2v) is 3.57. The summed E-state index contributed by atoms with van der Waals surface area (Å²) in [4.78, 5) is 2.65. The molecule has 0 aromatic rings. The molecule has 0 aliphatic carbocycles. The fourth-order valence-electron chi connectivity index (χ4n) is 2.14. The smallest absolute Gasteiger partial charge is 0.132 e. The van der Waals surface area contributed by atoms with E-state index in [4.69, 9.17) is 0 Å². The zero-order valence-electron chi connectivity index (χ0n) is 7.97. The maximum Gasteiger partial charge on any atom is 0.132 e. The van der Waals surface area contributed by atoms with Crippen molar-refractivity contribution in [1.82, 2.24) is 4.90 Å². The Morgan fingerprint density at radius 3 is 2.73 bits per heavy atom. The Kier molecular flexibility index (Phi) is 3.92. The van der Waals surface area contributed by atoms with Gasteiger partial charge in [-0.05, 0) is 13.3 Å². The van der Waals surface area contributed by atoms with E-state index in [1.165, 1.54) is 45.2 Å². The quantitative estimate of drug-likeness (QED) is 0.552. The van der Waals surface area contributed by atoms with Crippen LogP contribution in [0.1, 0.15) is 46.0 Å². The third-order valence-corrected chi connectivity index (χ3v) is 2.78. The summed E-state index contributed by atoms with van der Waals surface area (Å²) in [6.45, 7) is 7.18. The van der Waals surface area contributed by atoms with Crippen LogP contribution in [0.2, 0.25) is 0 Å². The monoisotopic (exact) mass is 155 g/mol. The van der Waals surface area contributed by atoms with Crippen LogP contribution in [0.15, 0.2) is 0 Å². The van der Waals surface area contributed by atoms with Crippen LogP contribution in [0.3, 0.4) is 0 Å². The van der Waals surface area contributed by atoms with E-state index >= 15 is 0 Å². The summed E-state index contributed by atoms with van der Waals surface area (Å²) in [5, 5.41) is 0. The van der Waals surface area contributed by atoms with E-state index in [1.807, 2.05) is 0 Å². The van der Waals surface area contributed by atoms with Crippen molar-refractivity contribution in [2.45, 2.75) is 52.0 Å². The molecule has 1 aliphatic rings. The molecule has 1 rings (SSSR count). The van der Waals surface area contributed by atoms with Gasteiger partial charge in [-0.15, -0.1) is 0 Å². The Bertz CT molecular complexity index is 99.0. The normalized spacial score (nSPS) is 27.3. The summed E-state index contributed by atoms with van der Waals surface area (Å²) in [6.07, 6.45) is 7.09. The van der Waals surface area contributed by atoms with Gasteiger partial charge in [-0.1, -0.05) is 13.3 Å². The highest BCUT2D eigenvalue weighted by molar-refractivity contribution is 4.79. The van der Waals surface area contributed by atoms with Crippen LogP contribution in [0.25, 0.3) is 0 Å². The molecule has 0 aromatic heterocycles. The lowest BCUT2D eigenvalue weighted by molar-refractivity contribution is 0.246. The number of nitrogens with zero attached hydrogens (tertiary/aromatic N) is 1. The molecule has 1 heteroatoms. The van der Waals surface area contributed by atoms with Gasteiger partial charge in [-0.2, -0.15) is 4.90 Å². The molecular weight excluding hydrogens is 134 g/mol. The van der Waals surface area contributed by atoms with E-state index in [-0.39, 0.29) is 0 Å². The topological polar surface area (TPSA) is 5.90 Å². The van der Waals surface area contributed by atoms with Gasteiger partial charge in [-0.25, -0.2) is 0 Å². The molecule has 1 fully saturated rings. The Morgan fingerprint density at radius 2 is 2.09 bits per heavy atom. The van der Waals surface area contributed by atoms with E-state index in [2.05, 4.69) is 18.7 Å². The van der Waals surface area contributed by atoms with Crippen molar-refractivity contribution in [3.63, 3.8) is 0 Å². The molecule has 1 nitrogen and oxygen atoms in total. The van der Waals surface area contributed by atoms with Crippen LogP contribution in [0.4, 0.5) is 0 Å². The summed E-state index contributed by atoms with van der Waals surface area (Å²) in [7, 11) is 0. The molecule has 0 amide bonds. The van der Waals surface area contributed by atoms with Crippen LogP contribution in [0, 0.1) is 0 Å². The Labute approximate surface area is 70.8 Å². The van der Waals surface area contributed by atoms with Crippen molar-refractivity contribution in [3.8, 4) is 0 Å². The average molecular weight is 155 g/mol. The number of rotatable bonds is 3. The summed E-state index contributed by atoms with van der Waals surface area (Å²) in [5.74, 6) is 0. The lowest BCUT2D eigenvalue weighted by Gasteiger charge is -2.25. The third kappa shape index (κ3) is 2.48. The summed E-state index contributed by atoms with van der Waals surface area (Å²) >= 11 is 0. The van der Waals surface area contributed by atoms with Crippen LogP contribution in [-0.4, -0.2) is 19.1 Å². The SMILES string of the molecule is CCCC1CCCC[N+]1CC. The van der Waals surface area contributed by atoms with E-state index < -0.39 is 0 Å². The molecule has 11 heavy (non-hydrogen) atoms. The molecule has 1 aliphatic heterocycles. The molecule has 1 atom stereocenters. The second-order valence-electron chi connectivity index (χ2n) is 3.57. The summed E-state index contributed by atoms with van der Waals surface area (Å²) in [6, 6.07) is 0.916. The number of piperidine rings is 1. The van der Waals surface area contributed by atoms with Gasteiger partial charge in [0.05, 0.1) is 0 Å². The predicted molar refractivity (Wildman–Crippen MR) is 50.1 cm³/mol. The van der Waals surface area contributed by atoms with Crippen molar-refractivity contribution in [1.29, 1.82) is 0 Å². The molecule has 65 valence electrons. The standard InChI is InChI=1S/C10H21N/c1-3-7-10-8-5-6-9-11(10)4-2/h10H,3-9H2,1-2H3/q+1. The third-order valence-electron chi connectivity index (χ3n) is 2.78. The van der Waals surface area contributed by atoms with Crippen LogP contribution in [0.5, 0.6) is 0 Å². The van der Waals surface area contributed by atoms with Crippen molar-refractivity contribution in [2.24, 2.45) is 0 Å². The molecule has 1 unspecified atom stereocenters. The highest BCUT2D eigenvalue weighted by Gasteiger charge is 2.28. The van der Waals surface area contributed by atoms with Crippen molar-refractivity contribution in [2.75, 3.05) is 13.1 Å². The lowest BCUT2D eigenvalue weighted by Crippen LogP contribution is -2.44. The summed E-state index contributed by atoms with van der Waals surface area (Å²) in [5.41, 5.74) is 0. The number of hydrogen-bond donors (Lipinski definition) is 0. The molecule has 1 saturated heterocycles. The lowest BCUT2D eigenvalue weighted by atomic mass is 9.98. The minimum absolute atomic E-state index is 0.916. The Balaban J connectivity index is 2.31. The first-order valence-electron chi connectivity index (χ1n) is 5.12. The van der Waals surface area contributed by atoms with E-state index in [0.29, 0.717) is 0 Å². The fourth-order valence-corrected chi connectivity index (χ4v) is 2.14. The van der Waals surface area contributed by atoms with Gasteiger partial charge < -0.3 is 0 Å². The molecule has 0 bridgehead atoms. The van der Waals surface area contributed by atoms with Gasteiger partial charge >= 0.3 is 0 Å². The fraction of sp³-hybridized carbons (Fsp3) is 1.00. The second kappa shape index (κ2) is 4.76. The molecule has 1 radical (unpaired) electrons. The van der Waals surface area contributed by atoms with Gasteiger partial charge in [0.2, 0.25) is 0 Å². The van der Waals surface area contributed by atoms with E-state index in [9.17, 15) is 0 Å². The largest absolute Gasteiger partial charge is 0.168 e. The maximum atomic E-state index is 2.65. The van der Waals surface area contributed by atoms with Gasteiger partial charge in [0, 0.05) is 19.3 Å². The minimum atomic E-state index is 0.916. The Hall–Kier alpha value is -0.0400. The van der Waals surface area contributed by atoms with E-state index in [0.717, 1.165) is 6.04 Å². The first-order chi connectivity index (χ1) is 5.38. The minimum Gasteiger partial charge on any atom is -0.168 e. The molecular formula is C10H21N+. The van der Waals surface area contributed by atoms with Gasteiger partial charge in [0.1, 0.15) is 19.1 Å². The Morgan fingerprint density at radius 1 is 1.27 bits per heavy atom. The molecule has 0 saturated carbocycles. The van der Waals surface area contributed by atoms with Gasteiger partial charge in [0.15, 0.2) is 0 Å².